The molecule has 2 nitrogen and oxygen atoms in total. The highest BCUT2D eigenvalue weighted by Gasteiger charge is 2.25. The van der Waals surface area contributed by atoms with Gasteiger partial charge in [-0.15, -0.1) is 0 Å². The first-order valence-electron chi connectivity index (χ1n) is 3.37. The first-order valence-corrected chi connectivity index (χ1v) is 3.37. The second kappa shape index (κ2) is 3.18. The van der Waals surface area contributed by atoms with E-state index in [4.69, 9.17) is 10.5 Å². The fourth-order valence-electron chi connectivity index (χ4n) is 0.652. The van der Waals surface area contributed by atoms with Gasteiger partial charge in [0.25, 0.3) is 0 Å². The van der Waals surface area contributed by atoms with Crippen LogP contribution in [0.15, 0.2) is 0 Å². The molecule has 0 heterocycles. The maximum atomic E-state index is 5.67. The van der Waals surface area contributed by atoms with Crippen molar-refractivity contribution in [2.75, 3.05) is 7.11 Å². The molecule has 0 rings (SSSR count). The predicted octanol–water partition coefficient (Wildman–Crippen LogP) is 1.15. The Kier molecular flexibility index (Phi) is 3.15. The van der Waals surface area contributed by atoms with Crippen LogP contribution in [-0.2, 0) is 4.74 Å². The molecule has 0 spiro atoms. The van der Waals surface area contributed by atoms with E-state index in [1.165, 1.54) is 0 Å². The van der Waals surface area contributed by atoms with Gasteiger partial charge in [-0.1, -0.05) is 6.92 Å². The number of methoxy groups -OCH3 is 1. The monoisotopic (exact) mass is 131 g/mol. The second-order valence-corrected chi connectivity index (χ2v) is 2.66. The molecule has 0 aliphatic carbocycles. The maximum Gasteiger partial charge on any atom is 0.0795 e. The summed E-state index contributed by atoms with van der Waals surface area (Å²) in [5, 5.41) is 0. The van der Waals surface area contributed by atoms with E-state index in [0.717, 1.165) is 6.42 Å². The van der Waals surface area contributed by atoms with Gasteiger partial charge in [0.2, 0.25) is 0 Å². The molecule has 2 heteroatoms. The molecule has 0 aromatic rings. The average molecular weight is 131 g/mol. The highest BCUT2D eigenvalue weighted by Crippen LogP contribution is 2.16. The predicted molar refractivity (Wildman–Crippen MR) is 39.4 cm³/mol. The summed E-state index contributed by atoms with van der Waals surface area (Å²) in [6.07, 6.45) is 0.959. The molecule has 0 saturated carbocycles. The van der Waals surface area contributed by atoms with Crippen molar-refractivity contribution in [1.29, 1.82) is 0 Å². The molecule has 0 fully saturated rings. The van der Waals surface area contributed by atoms with Crippen LogP contribution in [0.5, 0.6) is 0 Å². The number of hydrogen-bond donors (Lipinski definition) is 1. The molecule has 0 aromatic heterocycles. The molecule has 2 atom stereocenters. The van der Waals surface area contributed by atoms with Gasteiger partial charge in [0.1, 0.15) is 0 Å². The minimum Gasteiger partial charge on any atom is -0.377 e. The first-order chi connectivity index (χ1) is 4.06. The number of rotatable bonds is 3. The third-order valence-corrected chi connectivity index (χ3v) is 2.13. The van der Waals surface area contributed by atoms with Crippen molar-refractivity contribution in [2.24, 2.45) is 5.73 Å². The van der Waals surface area contributed by atoms with E-state index in [2.05, 4.69) is 6.92 Å². The van der Waals surface area contributed by atoms with E-state index in [-0.39, 0.29) is 11.6 Å². The fourth-order valence-corrected chi connectivity index (χ4v) is 0.652. The van der Waals surface area contributed by atoms with Gasteiger partial charge in [-0.2, -0.15) is 0 Å². The van der Waals surface area contributed by atoms with E-state index >= 15 is 0 Å². The van der Waals surface area contributed by atoms with Gasteiger partial charge in [-0.05, 0) is 20.3 Å². The number of hydrogen-bond acceptors (Lipinski definition) is 2. The zero-order valence-electron chi connectivity index (χ0n) is 6.77. The summed E-state index contributed by atoms with van der Waals surface area (Å²) in [6, 6.07) is 0.104. The van der Waals surface area contributed by atoms with Gasteiger partial charge in [0, 0.05) is 13.2 Å². The Bertz CT molecular complexity index is 77.0. The van der Waals surface area contributed by atoms with E-state index < -0.39 is 0 Å². The van der Waals surface area contributed by atoms with Crippen LogP contribution in [-0.4, -0.2) is 18.8 Å². The van der Waals surface area contributed by atoms with Crippen LogP contribution >= 0.6 is 0 Å². The van der Waals surface area contributed by atoms with Crippen molar-refractivity contribution in [1.82, 2.24) is 0 Å². The van der Waals surface area contributed by atoms with Gasteiger partial charge in [0.15, 0.2) is 0 Å². The van der Waals surface area contributed by atoms with Crippen molar-refractivity contribution in [3.8, 4) is 0 Å². The quantitative estimate of drug-likeness (QED) is 0.623. The molecule has 56 valence electrons. The molecule has 0 saturated heterocycles. The van der Waals surface area contributed by atoms with Gasteiger partial charge in [-0.3, -0.25) is 0 Å². The lowest BCUT2D eigenvalue weighted by Gasteiger charge is -2.30. The summed E-state index contributed by atoms with van der Waals surface area (Å²) >= 11 is 0. The Morgan fingerprint density at radius 1 is 1.67 bits per heavy atom. The summed E-state index contributed by atoms with van der Waals surface area (Å²) in [6.45, 7) is 6.07. The molecule has 0 aliphatic heterocycles. The molecule has 0 amide bonds. The van der Waals surface area contributed by atoms with Crippen molar-refractivity contribution in [3.63, 3.8) is 0 Å². The summed E-state index contributed by atoms with van der Waals surface area (Å²) in [5.74, 6) is 0. The van der Waals surface area contributed by atoms with Gasteiger partial charge in [0.05, 0.1) is 5.60 Å². The van der Waals surface area contributed by atoms with Crippen LogP contribution in [0.3, 0.4) is 0 Å². The number of ether oxygens (including phenoxy) is 1. The average Bonchev–Trinajstić information content (AvgIpc) is 1.86. The lowest BCUT2D eigenvalue weighted by molar-refractivity contribution is -0.0140. The molecular weight excluding hydrogens is 114 g/mol. The van der Waals surface area contributed by atoms with E-state index in [0.29, 0.717) is 0 Å². The smallest absolute Gasteiger partial charge is 0.0795 e. The normalized spacial score (nSPS) is 21.0. The zero-order valence-corrected chi connectivity index (χ0v) is 6.77. The topological polar surface area (TPSA) is 35.2 Å². The van der Waals surface area contributed by atoms with E-state index in [1.54, 1.807) is 7.11 Å². The fraction of sp³-hybridized carbons (Fsp3) is 1.00. The Hall–Kier alpha value is -0.0800. The Balaban J connectivity index is 3.92. The van der Waals surface area contributed by atoms with Crippen LogP contribution in [0.2, 0.25) is 0 Å². The van der Waals surface area contributed by atoms with Gasteiger partial charge < -0.3 is 10.5 Å². The Morgan fingerprint density at radius 3 is 2.11 bits per heavy atom. The Morgan fingerprint density at radius 2 is 2.11 bits per heavy atom. The van der Waals surface area contributed by atoms with Crippen LogP contribution in [0.25, 0.3) is 0 Å². The summed E-state index contributed by atoms with van der Waals surface area (Å²) in [7, 11) is 1.70. The van der Waals surface area contributed by atoms with E-state index in [1.807, 2.05) is 13.8 Å². The SMILES string of the molecule is CCC(C)(OC)[C@@H](C)N. The van der Waals surface area contributed by atoms with Crippen LogP contribution in [0, 0.1) is 0 Å². The lowest BCUT2D eigenvalue weighted by Crippen LogP contribution is -2.44. The first kappa shape index (κ1) is 8.92. The van der Waals surface area contributed by atoms with Crippen LogP contribution in [0.4, 0.5) is 0 Å². The molecule has 0 bridgehead atoms. The van der Waals surface area contributed by atoms with Crippen molar-refractivity contribution in [2.45, 2.75) is 38.8 Å². The summed E-state index contributed by atoms with van der Waals surface area (Å²) in [5.41, 5.74) is 5.53. The largest absolute Gasteiger partial charge is 0.377 e. The molecule has 9 heavy (non-hydrogen) atoms. The zero-order chi connectivity index (χ0) is 7.49. The number of nitrogens with two attached hydrogens (primary N) is 1. The highest BCUT2D eigenvalue weighted by molar-refractivity contribution is 4.81. The summed E-state index contributed by atoms with van der Waals surface area (Å²) in [4.78, 5) is 0. The third-order valence-electron chi connectivity index (χ3n) is 2.13. The third kappa shape index (κ3) is 1.95. The van der Waals surface area contributed by atoms with Crippen molar-refractivity contribution < 1.29 is 4.74 Å². The van der Waals surface area contributed by atoms with Crippen LogP contribution < -0.4 is 5.73 Å². The van der Waals surface area contributed by atoms with Crippen LogP contribution in [0.1, 0.15) is 27.2 Å². The highest BCUT2D eigenvalue weighted by atomic mass is 16.5. The minimum absolute atomic E-state index is 0.104. The van der Waals surface area contributed by atoms with Gasteiger partial charge in [-0.25, -0.2) is 0 Å². The molecule has 0 radical (unpaired) electrons. The summed E-state index contributed by atoms with van der Waals surface area (Å²) < 4.78 is 5.22. The minimum atomic E-state index is -0.139. The molecule has 0 aliphatic rings. The van der Waals surface area contributed by atoms with Crippen molar-refractivity contribution in [3.05, 3.63) is 0 Å². The second-order valence-electron chi connectivity index (χ2n) is 2.66. The van der Waals surface area contributed by atoms with Crippen molar-refractivity contribution >= 4 is 0 Å². The Labute approximate surface area is 57.4 Å². The van der Waals surface area contributed by atoms with Gasteiger partial charge >= 0.3 is 0 Å². The molecule has 0 aromatic carbocycles. The van der Waals surface area contributed by atoms with E-state index in [9.17, 15) is 0 Å². The molecular formula is C7H17NO. The standard InChI is InChI=1S/C7H17NO/c1-5-7(3,9-4)6(2)8/h6H,5,8H2,1-4H3/t6-,7?/m1/s1. The lowest BCUT2D eigenvalue weighted by atomic mass is 9.95. The molecule has 1 unspecified atom stereocenters. The molecule has 2 N–H and O–H groups in total. The maximum absolute atomic E-state index is 5.67.